The highest BCUT2D eigenvalue weighted by molar-refractivity contribution is 7.89. The summed E-state index contributed by atoms with van der Waals surface area (Å²) in [6.07, 6.45) is 1.33. The summed E-state index contributed by atoms with van der Waals surface area (Å²) in [5.41, 5.74) is 2.19. The highest BCUT2D eigenvalue weighted by Gasteiger charge is 2.24. The van der Waals surface area contributed by atoms with Gasteiger partial charge in [0.1, 0.15) is 5.75 Å². The van der Waals surface area contributed by atoms with E-state index in [2.05, 4.69) is 14.9 Å². The largest absolute Gasteiger partial charge is 0.494 e. The topological polar surface area (TPSA) is 115 Å². The average Bonchev–Trinajstić information content (AvgIpc) is 3.42. The zero-order valence-corrected chi connectivity index (χ0v) is 18.7. The molecule has 2 heterocycles. The van der Waals surface area contributed by atoms with E-state index in [0.29, 0.717) is 25.4 Å². The van der Waals surface area contributed by atoms with E-state index in [1.807, 2.05) is 6.92 Å². The lowest BCUT2D eigenvalue weighted by Crippen LogP contribution is -2.26. The van der Waals surface area contributed by atoms with Crippen LogP contribution in [0.3, 0.4) is 0 Å². The van der Waals surface area contributed by atoms with Crippen LogP contribution in [0, 0.1) is 6.92 Å². The number of rotatable bonds is 8. The molecule has 1 amide bonds. The maximum absolute atomic E-state index is 12.7. The summed E-state index contributed by atoms with van der Waals surface area (Å²) in [7, 11) is -3.80. The molecule has 9 nitrogen and oxygen atoms in total. The summed E-state index contributed by atoms with van der Waals surface area (Å²) >= 11 is 0. The Morgan fingerprint density at radius 1 is 1.19 bits per heavy atom. The molecule has 4 rings (SSSR count). The van der Waals surface area contributed by atoms with Crippen molar-refractivity contribution >= 4 is 21.6 Å². The average molecular weight is 457 g/mol. The second-order valence-corrected chi connectivity index (χ2v) is 9.16. The minimum Gasteiger partial charge on any atom is -0.494 e. The van der Waals surface area contributed by atoms with Gasteiger partial charge < -0.3 is 14.2 Å². The van der Waals surface area contributed by atoms with Crippen LogP contribution in [0.2, 0.25) is 0 Å². The number of carbonyl (C=O) groups excluding carboxylic acids is 1. The first-order valence-corrected chi connectivity index (χ1v) is 11.8. The summed E-state index contributed by atoms with van der Waals surface area (Å²) in [5, 5.41) is 3.91. The maximum atomic E-state index is 12.7. The Labute approximate surface area is 186 Å². The standard InChI is InChI=1S/C22H24N4O5S/c1-3-30-17-8-6-16(7-9-17)22-24-20(31-25-22)14-23-32(28,29)18-10-11-19(15(2)13-18)26-12-4-5-21(26)27/h6-11,13,23H,3-5,12,14H2,1-2H3. The summed E-state index contributed by atoms with van der Waals surface area (Å²) in [6.45, 7) is 4.78. The van der Waals surface area contributed by atoms with E-state index in [9.17, 15) is 13.2 Å². The van der Waals surface area contributed by atoms with Crippen molar-refractivity contribution in [2.45, 2.75) is 38.1 Å². The van der Waals surface area contributed by atoms with Gasteiger partial charge in [-0.2, -0.15) is 4.98 Å². The third-order valence-electron chi connectivity index (χ3n) is 5.15. The zero-order valence-electron chi connectivity index (χ0n) is 17.9. The van der Waals surface area contributed by atoms with E-state index in [1.54, 1.807) is 48.2 Å². The fourth-order valence-electron chi connectivity index (χ4n) is 3.55. The quantitative estimate of drug-likeness (QED) is 0.554. The predicted octanol–water partition coefficient (Wildman–Crippen LogP) is 3.05. The second-order valence-electron chi connectivity index (χ2n) is 7.39. The van der Waals surface area contributed by atoms with Crippen LogP contribution >= 0.6 is 0 Å². The fraction of sp³-hybridized carbons (Fsp3) is 0.318. The molecule has 10 heteroatoms. The molecule has 1 aliphatic heterocycles. The Bertz CT molecular complexity index is 1220. The monoisotopic (exact) mass is 456 g/mol. The Morgan fingerprint density at radius 3 is 2.62 bits per heavy atom. The Balaban J connectivity index is 1.43. The van der Waals surface area contributed by atoms with Crippen LogP contribution in [0.4, 0.5) is 5.69 Å². The Hall–Kier alpha value is -3.24. The Kier molecular flexibility index (Phi) is 6.24. The molecule has 2 aromatic carbocycles. The van der Waals surface area contributed by atoms with E-state index in [-0.39, 0.29) is 23.2 Å². The molecule has 3 aromatic rings. The van der Waals surface area contributed by atoms with Crippen LogP contribution in [-0.2, 0) is 21.4 Å². The molecule has 168 valence electrons. The first-order valence-electron chi connectivity index (χ1n) is 10.3. The fourth-order valence-corrected chi connectivity index (χ4v) is 4.61. The molecule has 0 bridgehead atoms. The van der Waals surface area contributed by atoms with E-state index in [1.165, 1.54) is 6.07 Å². The predicted molar refractivity (Wildman–Crippen MR) is 118 cm³/mol. The Morgan fingerprint density at radius 2 is 1.97 bits per heavy atom. The van der Waals surface area contributed by atoms with Gasteiger partial charge in [-0.1, -0.05) is 5.16 Å². The number of hydrogen-bond donors (Lipinski definition) is 1. The lowest BCUT2D eigenvalue weighted by Gasteiger charge is -2.19. The highest BCUT2D eigenvalue weighted by atomic mass is 32.2. The van der Waals surface area contributed by atoms with Crippen molar-refractivity contribution in [3.63, 3.8) is 0 Å². The summed E-state index contributed by atoms with van der Waals surface area (Å²) in [6, 6.07) is 11.9. The van der Waals surface area contributed by atoms with Crippen LogP contribution in [0.15, 0.2) is 51.9 Å². The SMILES string of the molecule is CCOc1ccc(-c2noc(CNS(=O)(=O)c3ccc(N4CCCC4=O)c(C)c3)n2)cc1. The van der Waals surface area contributed by atoms with Crippen molar-refractivity contribution in [1.82, 2.24) is 14.9 Å². The number of aryl methyl sites for hydroxylation is 1. The van der Waals surface area contributed by atoms with Gasteiger partial charge in [-0.15, -0.1) is 0 Å². The van der Waals surface area contributed by atoms with Crippen LogP contribution in [0.1, 0.15) is 31.2 Å². The van der Waals surface area contributed by atoms with Crippen LogP contribution < -0.4 is 14.4 Å². The van der Waals surface area contributed by atoms with Gasteiger partial charge in [-0.25, -0.2) is 13.1 Å². The molecule has 1 saturated heterocycles. The molecule has 0 aliphatic carbocycles. The molecule has 1 fully saturated rings. The number of nitrogens with zero attached hydrogens (tertiary/aromatic N) is 3. The van der Waals surface area contributed by atoms with Gasteiger partial charge in [0.25, 0.3) is 0 Å². The van der Waals surface area contributed by atoms with E-state index < -0.39 is 10.0 Å². The normalized spacial score (nSPS) is 14.2. The minimum atomic E-state index is -3.80. The number of aromatic nitrogens is 2. The minimum absolute atomic E-state index is 0.0570. The molecule has 0 saturated carbocycles. The highest BCUT2D eigenvalue weighted by Crippen LogP contribution is 2.27. The van der Waals surface area contributed by atoms with Gasteiger partial charge in [-0.3, -0.25) is 4.79 Å². The molecule has 0 spiro atoms. The van der Waals surface area contributed by atoms with Gasteiger partial charge in [0.05, 0.1) is 18.0 Å². The lowest BCUT2D eigenvalue weighted by molar-refractivity contribution is -0.117. The van der Waals surface area contributed by atoms with E-state index >= 15 is 0 Å². The molecule has 1 N–H and O–H groups in total. The van der Waals surface area contributed by atoms with Crippen molar-refractivity contribution in [3.05, 3.63) is 53.9 Å². The summed E-state index contributed by atoms with van der Waals surface area (Å²) in [5.74, 6) is 1.30. The molecule has 0 radical (unpaired) electrons. The third-order valence-corrected chi connectivity index (χ3v) is 6.55. The van der Waals surface area contributed by atoms with Gasteiger partial charge >= 0.3 is 0 Å². The molecule has 1 aromatic heterocycles. The van der Waals surface area contributed by atoms with Crippen LogP contribution in [-0.4, -0.2) is 37.6 Å². The molecular formula is C22H24N4O5S. The zero-order chi connectivity index (χ0) is 22.7. The van der Waals surface area contributed by atoms with Crippen LogP contribution in [0.5, 0.6) is 5.75 Å². The van der Waals surface area contributed by atoms with Crippen molar-refractivity contribution in [3.8, 4) is 17.1 Å². The molecule has 0 unspecified atom stereocenters. The van der Waals surface area contributed by atoms with Crippen molar-refractivity contribution in [1.29, 1.82) is 0 Å². The van der Waals surface area contributed by atoms with E-state index in [4.69, 9.17) is 9.26 Å². The second kappa shape index (κ2) is 9.09. The first-order chi connectivity index (χ1) is 15.4. The summed E-state index contributed by atoms with van der Waals surface area (Å²) in [4.78, 5) is 18.0. The number of ether oxygens (including phenoxy) is 1. The van der Waals surface area contributed by atoms with Gasteiger partial charge in [0.2, 0.25) is 27.6 Å². The number of anilines is 1. The number of sulfonamides is 1. The lowest BCUT2D eigenvalue weighted by atomic mass is 10.2. The van der Waals surface area contributed by atoms with E-state index in [0.717, 1.165) is 29.0 Å². The summed E-state index contributed by atoms with van der Waals surface area (Å²) < 4.78 is 38.5. The third kappa shape index (κ3) is 4.66. The molecule has 32 heavy (non-hydrogen) atoms. The maximum Gasteiger partial charge on any atom is 0.242 e. The molecule has 0 atom stereocenters. The number of hydrogen-bond acceptors (Lipinski definition) is 7. The van der Waals surface area contributed by atoms with Crippen LogP contribution in [0.25, 0.3) is 11.4 Å². The van der Waals surface area contributed by atoms with Crippen molar-refractivity contribution in [2.24, 2.45) is 0 Å². The van der Waals surface area contributed by atoms with Gasteiger partial charge in [0, 0.05) is 24.2 Å². The number of carbonyl (C=O) groups is 1. The smallest absolute Gasteiger partial charge is 0.242 e. The number of nitrogens with one attached hydrogen (secondary N) is 1. The van der Waals surface area contributed by atoms with Crippen molar-refractivity contribution < 1.29 is 22.5 Å². The first kappa shape index (κ1) is 22.0. The number of amides is 1. The van der Waals surface area contributed by atoms with Gasteiger partial charge in [-0.05, 0) is 68.3 Å². The molecular weight excluding hydrogens is 432 g/mol. The number of benzene rings is 2. The molecule has 1 aliphatic rings. The van der Waals surface area contributed by atoms with Crippen molar-refractivity contribution in [2.75, 3.05) is 18.1 Å². The van der Waals surface area contributed by atoms with Gasteiger partial charge in [0.15, 0.2) is 0 Å².